The molecule has 4 heteroatoms. The highest BCUT2D eigenvalue weighted by atomic mass is 32.1. The van der Waals surface area contributed by atoms with Gasteiger partial charge in [0.25, 0.3) is 0 Å². The Morgan fingerprint density at radius 3 is 2.48 bits per heavy atom. The first-order valence-corrected chi connectivity index (χ1v) is 9.99. The number of carboxylic acid groups (broad SMARTS) is 1. The molecular weight excluding hydrogens is 330 g/mol. The minimum absolute atomic E-state index is 0.190. The van der Waals surface area contributed by atoms with E-state index in [0.717, 1.165) is 48.4 Å². The Morgan fingerprint density at radius 2 is 1.84 bits per heavy atom. The second-order valence-electron chi connectivity index (χ2n) is 8.10. The van der Waals surface area contributed by atoms with Crippen molar-refractivity contribution >= 4 is 23.0 Å². The Morgan fingerprint density at radius 1 is 1.16 bits per heavy atom. The molecule has 1 N–H and O–H groups in total. The Balaban J connectivity index is 1.73. The fourth-order valence-electron chi connectivity index (χ4n) is 4.15. The Hall–Kier alpha value is -1.81. The van der Waals surface area contributed by atoms with Gasteiger partial charge >= 0.3 is 5.97 Å². The third kappa shape index (κ3) is 3.08. The zero-order chi connectivity index (χ0) is 17.6. The van der Waals surface area contributed by atoms with Gasteiger partial charge in [-0.1, -0.05) is 26.0 Å². The molecule has 1 aliphatic carbocycles. The molecule has 3 nitrogen and oxygen atoms in total. The summed E-state index contributed by atoms with van der Waals surface area (Å²) < 4.78 is 0. The lowest BCUT2D eigenvalue weighted by Gasteiger charge is -2.29. The molecule has 1 aromatic carbocycles. The van der Waals surface area contributed by atoms with Crippen molar-refractivity contribution in [2.45, 2.75) is 46.0 Å². The molecule has 0 bridgehead atoms. The summed E-state index contributed by atoms with van der Waals surface area (Å²) in [6.07, 6.45) is 5.52. The van der Waals surface area contributed by atoms with E-state index >= 15 is 0 Å². The second-order valence-corrected chi connectivity index (χ2v) is 9.20. The smallest absolute Gasteiger partial charge is 0.337 e. The molecule has 0 saturated carbocycles. The van der Waals surface area contributed by atoms with E-state index in [9.17, 15) is 9.90 Å². The Kier molecular flexibility index (Phi) is 4.11. The van der Waals surface area contributed by atoms with E-state index < -0.39 is 5.97 Å². The van der Waals surface area contributed by atoms with Gasteiger partial charge in [0.15, 0.2) is 0 Å². The molecule has 1 aromatic heterocycles. The lowest BCUT2D eigenvalue weighted by atomic mass is 9.76. The maximum Gasteiger partial charge on any atom is 0.337 e. The lowest BCUT2D eigenvalue weighted by molar-refractivity contribution is 0.0696. The topological polar surface area (TPSA) is 40.5 Å². The monoisotopic (exact) mass is 355 g/mol. The van der Waals surface area contributed by atoms with Gasteiger partial charge in [-0.2, -0.15) is 0 Å². The fourth-order valence-corrected chi connectivity index (χ4v) is 5.46. The SMILES string of the molecule is CC1(C)CCc2sc(-c3ccc(N4CCCC4)cc3)c(C(=O)O)c2C1. The van der Waals surface area contributed by atoms with Gasteiger partial charge in [0, 0.05) is 28.5 Å². The first-order chi connectivity index (χ1) is 11.9. The van der Waals surface area contributed by atoms with Crippen molar-refractivity contribution in [1.82, 2.24) is 0 Å². The number of nitrogens with zero attached hydrogens (tertiary/aromatic N) is 1. The van der Waals surface area contributed by atoms with Crippen LogP contribution in [-0.4, -0.2) is 24.2 Å². The number of carbonyl (C=O) groups is 1. The van der Waals surface area contributed by atoms with Crippen molar-refractivity contribution in [1.29, 1.82) is 0 Å². The zero-order valence-corrected chi connectivity index (χ0v) is 15.8. The third-order valence-electron chi connectivity index (χ3n) is 5.59. The van der Waals surface area contributed by atoms with Crippen molar-refractivity contribution < 1.29 is 9.90 Å². The molecule has 1 fully saturated rings. The Labute approximate surface area is 153 Å². The molecule has 2 heterocycles. The van der Waals surface area contributed by atoms with Crippen LogP contribution in [-0.2, 0) is 12.8 Å². The highest BCUT2D eigenvalue weighted by Crippen LogP contribution is 2.45. The van der Waals surface area contributed by atoms with Crippen LogP contribution in [0.5, 0.6) is 0 Å². The van der Waals surface area contributed by atoms with E-state index in [1.165, 1.54) is 23.4 Å². The number of anilines is 1. The van der Waals surface area contributed by atoms with Gasteiger partial charge in [0.05, 0.1) is 5.56 Å². The van der Waals surface area contributed by atoms with Gasteiger partial charge < -0.3 is 10.0 Å². The number of fused-ring (bicyclic) bond motifs is 1. The molecule has 132 valence electrons. The van der Waals surface area contributed by atoms with Gasteiger partial charge in [0.2, 0.25) is 0 Å². The summed E-state index contributed by atoms with van der Waals surface area (Å²) in [5, 5.41) is 9.87. The summed E-state index contributed by atoms with van der Waals surface area (Å²) in [5.74, 6) is -0.784. The number of aryl methyl sites for hydroxylation is 1. The molecule has 0 spiro atoms. The minimum Gasteiger partial charge on any atom is -0.478 e. The summed E-state index contributed by atoms with van der Waals surface area (Å²) in [5.41, 5.74) is 4.10. The van der Waals surface area contributed by atoms with Gasteiger partial charge in [-0.3, -0.25) is 0 Å². The summed E-state index contributed by atoms with van der Waals surface area (Å²) in [6.45, 7) is 6.73. The second kappa shape index (κ2) is 6.17. The van der Waals surface area contributed by atoms with E-state index in [0.29, 0.717) is 5.56 Å². The molecule has 0 amide bonds. The number of benzene rings is 1. The quantitative estimate of drug-likeness (QED) is 0.820. The molecule has 0 radical (unpaired) electrons. The van der Waals surface area contributed by atoms with Crippen LogP contribution >= 0.6 is 11.3 Å². The molecule has 4 rings (SSSR count). The standard InChI is InChI=1S/C21H25NO2S/c1-21(2)10-9-17-16(13-21)18(20(23)24)19(25-17)14-5-7-15(8-6-14)22-11-3-4-12-22/h5-8H,3-4,9-13H2,1-2H3,(H,23,24). The van der Waals surface area contributed by atoms with Gasteiger partial charge in [0.1, 0.15) is 0 Å². The minimum atomic E-state index is -0.784. The van der Waals surface area contributed by atoms with Crippen LogP contribution in [0.2, 0.25) is 0 Å². The number of carboxylic acids is 1. The molecule has 0 unspecified atom stereocenters. The van der Waals surface area contributed by atoms with E-state index in [4.69, 9.17) is 0 Å². The number of rotatable bonds is 3. The molecule has 1 saturated heterocycles. The highest BCUT2D eigenvalue weighted by molar-refractivity contribution is 7.16. The van der Waals surface area contributed by atoms with Crippen molar-refractivity contribution in [3.8, 4) is 10.4 Å². The summed E-state index contributed by atoms with van der Waals surface area (Å²) >= 11 is 1.69. The van der Waals surface area contributed by atoms with Crippen molar-refractivity contribution in [2.24, 2.45) is 5.41 Å². The van der Waals surface area contributed by atoms with Crippen LogP contribution in [0.3, 0.4) is 0 Å². The van der Waals surface area contributed by atoms with Crippen LogP contribution in [0.4, 0.5) is 5.69 Å². The summed E-state index contributed by atoms with van der Waals surface area (Å²) in [6, 6.07) is 8.49. The van der Waals surface area contributed by atoms with Gasteiger partial charge in [-0.15, -0.1) is 11.3 Å². The van der Waals surface area contributed by atoms with Gasteiger partial charge in [-0.25, -0.2) is 4.79 Å². The summed E-state index contributed by atoms with van der Waals surface area (Å²) in [4.78, 5) is 16.6. The number of thiophene rings is 1. The first-order valence-electron chi connectivity index (χ1n) is 9.18. The van der Waals surface area contributed by atoms with Crippen LogP contribution in [0, 0.1) is 5.41 Å². The number of aromatic carboxylic acids is 1. The van der Waals surface area contributed by atoms with E-state index in [1.54, 1.807) is 11.3 Å². The maximum atomic E-state index is 12.0. The molecule has 1 aliphatic heterocycles. The zero-order valence-electron chi connectivity index (χ0n) is 15.0. The summed E-state index contributed by atoms with van der Waals surface area (Å²) in [7, 11) is 0. The van der Waals surface area contributed by atoms with Crippen molar-refractivity contribution in [3.63, 3.8) is 0 Å². The van der Waals surface area contributed by atoms with Crippen molar-refractivity contribution in [2.75, 3.05) is 18.0 Å². The van der Waals surface area contributed by atoms with Crippen LogP contribution in [0.15, 0.2) is 24.3 Å². The van der Waals surface area contributed by atoms with E-state index in [1.807, 2.05) is 0 Å². The van der Waals surface area contributed by atoms with Crippen LogP contribution in [0.25, 0.3) is 10.4 Å². The van der Waals surface area contributed by atoms with Crippen molar-refractivity contribution in [3.05, 3.63) is 40.3 Å². The number of hydrogen-bond donors (Lipinski definition) is 1. The maximum absolute atomic E-state index is 12.0. The molecule has 2 aromatic rings. The van der Waals surface area contributed by atoms with Crippen LogP contribution < -0.4 is 4.90 Å². The average Bonchev–Trinajstić information content (AvgIpc) is 3.21. The molecule has 2 aliphatic rings. The fraction of sp³-hybridized carbons (Fsp3) is 0.476. The van der Waals surface area contributed by atoms with Crippen LogP contribution in [0.1, 0.15) is 53.9 Å². The molecule has 25 heavy (non-hydrogen) atoms. The lowest BCUT2D eigenvalue weighted by Crippen LogP contribution is -2.22. The highest BCUT2D eigenvalue weighted by Gasteiger charge is 2.32. The Bertz CT molecular complexity index is 798. The molecular formula is C21H25NO2S. The predicted octanol–water partition coefficient (Wildman–Crippen LogP) is 5.23. The van der Waals surface area contributed by atoms with E-state index in [2.05, 4.69) is 43.0 Å². The normalized spacial score (nSPS) is 19.0. The third-order valence-corrected chi connectivity index (χ3v) is 6.93. The first kappa shape index (κ1) is 16.6. The van der Waals surface area contributed by atoms with E-state index in [-0.39, 0.29) is 5.41 Å². The van der Waals surface area contributed by atoms with Gasteiger partial charge in [-0.05, 0) is 60.8 Å². The average molecular weight is 356 g/mol. The molecule has 0 atom stereocenters. The largest absolute Gasteiger partial charge is 0.478 e. The number of hydrogen-bond acceptors (Lipinski definition) is 3. The predicted molar refractivity (Wildman–Crippen MR) is 104 cm³/mol.